The lowest BCUT2D eigenvalue weighted by Crippen LogP contribution is -2.32. The van der Waals surface area contributed by atoms with Crippen LogP contribution in [0.5, 0.6) is 0 Å². The van der Waals surface area contributed by atoms with Crippen LogP contribution in [0.4, 0.5) is 5.69 Å². The van der Waals surface area contributed by atoms with Crippen LogP contribution in [0.2, 0.25) is 0 Å². The van der Waals surface area contributed by atoms with Crippen molar-refractivity contribution in [2.75, 3.05) is 11.9 Å². The lowest BCUT2D eigenvalue weighted by atomic mass is 10.1. The van der Waals surface area contributed by atoms with Crippen LogP contribution in [-0.2, 0) is 0 Å². The van der Waals surface area contributed by atoms with Gasteiger partial charge < -0.3 is 4.90 Å². The van der Waals surface area contributed by atoms with Crippen molar-refractivity contribution in [1.29, 1.82) is 0 Å². The molecule has 3 rings (SSSR count). The van der Waals surface area contributed by atoms with E-state index in [0.29, 0.717) is 0 Å². The Balaban J connectivity index is 2.04. The van der Waals surface area contributed by atoms with Crippen molar-refractivity contribution < 1.29 is 0 Å². The van der Waals surface area contributed by atoms with E-state index < -0.39 is 0 Å². The standard InChI is InChI=1S/C15H13NS2/c1-16-12-9-5-6-10-13(12)18-14(15(16)17)11-7-3-2-4-8-11/h2-10,14H,1H3. The van der Waals surface area contributed by atoms with E-state index in [0.717, 1.165) is 4.99 Å². The quantitative estimate of drug-likeness (QED) is 0.712. The number of thioether (sulfide) groups is 1. The van der Waals surface area contributed by atoms with E-state index in [1.807, 2.05) is 17.8 Å². The van der Waals surface area contributed by atoms with Crippen LogP contribution in [0.3, 0.4) is 0 Å². The Morgan fingerprint density at radius 2 is 1.67 bits per heavy atom. The molecule has 0 amide bonds. The van der Waals surface area contributed by atoms with Gasteiger partial charge in [-0.15, -0.1) is 11.8 Å². The van der Waals surface area contributed by atoms with Crippen molar-refractivity contribution in [2.45, 2.75) is 10.1 Å². The molecule has 0 aliphatic carbocycles. The molecule has 2 aromatic rings. The SMILES string of the molecule is CN1C(=S)C(c2ccccc2)Sc2ccccc21. The molecule has 0 spiro atoms. The number of rotatable bonds is 1. The number of thiocarbonyl (C=S) groups is 1. The fourth-order valence-electron chi connectivity index (χ4n) is 2.14. The first-order chi connectivity index (χ1) is 8.77. The number of benzene rings is 2. The smallest absolute Gasteiger partial charge is 0.100 e. The van der Waals surface area contributed by atoms with Gasteiger partial charge in [0.05, 0.1) is 10.9 Å². The van der Waals surface area contributed by atoms with Gasteiger partial charge in [0.25, 0.3) is 0 Å². The molecule has 1 atom stereocenters. The average Bonchev–Trinajstić information content (AvgIpc) is 2.44. The van der Waals surface area contributed by atoms with E-state index in [2.05, 4.69) is 60.5 Å². The van der Waals surface area contributed by atoms with Crippen molar-refractivity contribution in [2.24, 2.45) is 0 Å². The van der Waals surface area contributed by atoms with Gasteiger partial charge in [-0.2, -0.15) is 0 Å². The molecule has 0 saturated heterocycles. The molecule has 0 bridgehead atoms. The highest BCUT2D eigenvalue weighted by atomic mass is 32.2. The number of anilines is 1. The molecule has 0 aromatic heterocycles. The number of fused-ring (bicyclic) bond motifs is 1. The summed E-state index contributed by atoms with van der Waals surface area (Å²) in [4.78, 5) is 4.39. The summed E-state index contributed by atoms with van der Waals surface area (Å²) in [7, 11) is 2.05. The fraction of sp³-hybridized carbons (Fsp3) is 0.133. The first-order valence-electron chi connectivity index (χ1n) is 5.85. The summed E-state index contributed by atoms with van der Waals surface area (Å²) < 4.78 is 0. The molecule has 0 radical (unpaired) electrons. The van der Waals surface area contributed by atoms with E-state index in [9.17, 15) is 0 Å². The average molecular weight is 271 g/mol. The molecule has 0 saturated carbocycles. The van der Waals surface area contributed by atoms with Crippen LogP contribution >= 0.6 is 24.0 Å². The molecule has 1 aliphatic rings. The predicted molar refractivity (Wildman–Crippen MR) is 82.5 cm³/mol. The zero-order chi connectivity index (χ0) is 12.5. The predicted octanol–water partition coefficient (Wildman–Crippen LogP) is 4.30. The van der Waals surface area contributed by atoms with Gasteiger partial charge in [-0.05, 0) is 17.7 Å². The lowest BCUT2D eigenvalue weighted by molar-refractivity contribution is 1.13. The van der Waals surface area contributed by atoms with Crippen LogP contribution in [0.25, 0.3) is 0 Å². The summed E-state index contributed by atoms with van der Waals surface area (Å²) in [5.41, 5.74) is 2.48. The van der Waals surface area contributed by atoms with Crippen molar-refractivity contribution in [3.63, 3.8) is 0 Å². The minimum absolute atomic E-state index is 0.237. The second-order valence-corrected chi connectivity index (χ2v) is 5.84. The first-order valence-corrected chi connectivity index (χ1v) is 7.14. The molecule has 1 nitrogen and oxygen atoms in total. The minimum atomic E-state index is 0.237. The van der Waals surface area contributed by atoms with Crippen molar-refractivity contribution in [1.82, 2.24) is 0 Å². The van der Waals surface area contributed by atoms with Gasteiger partial charge in [-0.1, -0.05) is 54.7 Å². The van der Waals surface area contributed by atoms with Gasteiger partial charge >= 0.3 is 0 Å². The van der Waals surface area contributed by atoms with E-state index in [-0.39, 0.29) is 5.25 Å². The maximum absolute atomic E-state index is 5.61. The maximum Gasteiger partial charge on any atom is 0.100 e. The molecule has 1 aliphatic heterocycles. The molecule has 0 N–H and O–H groups in total. The van der Waals surface area contributed by atoms with Gasteiger partial charge in [0, 0.05) is 11.9 Å². The van der Waals surface area contributed by atoms with Crippen LogP contribution in [-0.4, -0.2) is 12.0 Å². The Morgan fingerprint density at radius 3 is 2.44 bits per heavy atom. The molecule has 0 fully saturated rings. The second-order valence-electron chi connectivity index (χ2n) is 4.27. The summed E-state index contributed by atoms with van der Waals surface area (Å²) in [6, 6.07) is 18.9. The van der Waals surface area contributed by atoms with Gasteiger partial charge in [-0.3, -0.25) is 0 Å². The molecule has 1 unspecified atom stereocenters. The van der Waals surface area contributed by atoms with Gasteiger partial charge in [0.15, 0.2) is 0 Å². The molecule has 3 heteroatoms. The summed E-state index contributed by atoms with van der Waals surface area (Å²) in [5.74, 6) is 0. The Hall–Kier alpha value is -1.32. The third kappa shape index (κ3) is 1.93. The van der Waals surface area contributed by atoms with E-state index in [1.165, 1.54) is 16.1 Å². The number of nitrogens with zero attached hydrogens (tertiary/aromatic N) is 1. The summed E-state index contributed by atoms with van der Waals surface area (Å²) in [5, 5.41) is 0.237. The topological polar surface area (TPSA) is 3.24 Å². The van der Waals surface area contributed by atoms with Crippen LogP contribution in [0.15, 0.2) is 59.5 Å². The lowest BCUT2D eigenvalue weighted by Gasteiger charge is -2.33. The highest BCUT2D eigenvalue weighted by molar-refractivity contribution is 8.01. The van der Waals surface area contributed by atoms with Gasteiger partial charge in [0.1, 0.15) is 4.99 Å². The van der Waals surface area contributed by atoms with E-state index >= 15 is 0 Å². The zero-order valence-corrected chi connectivity index (χ0v) is 11.7. The van der Waals surface area contributed by atoms with Crippen molar-refractivity contribution >= 4 is 34.7 Å². The van der Waals surface area contributed by atoms with Crippen molar-refractivity contribution in [3.8, 4) is 0 Å². The number of likely N-dealkylation sites (N-methyl/N-ethyl adjacent to an activating group) is 1. The molecular weight excluding hydrogens is 258 g/mol. The number of hydrogen-bond acceptors (Lipinski definition) is 2. The van der Waals surface area contributed by atoms with Gasteiger partial charge in [-0.25, -0.2) is 0 Å². The monoisotopic (exact) mass is 271 g/mol. The van der Waals surface area contributed by atoms with Crippen LogP contribution in [0, 0.1) is 0 Å². The molecule has 1 heterocycles. The third-order valence-electron chi connectivity index (χ3n) is 3.13. The van der Waals surface area contributed by atoms with Crippen LogP contribution < -0.4 is 4.90 Å². The van der Waals surface area contributed by atoms with Crippen LogP contribution in [0.1, 0.15) is 10.8 Å². The molecule has 90 valence electrons. The zero-order valence-electron chi connectivity index (χ0n) is 10.0. The Labute approximate surface area is 117 Å². The first kappa shape index (κ1) is 11.8. The summed E-state index contributed by atoms with van der Waals surface area (Å²) in [6.45, 7) is 0. The second kappa shape index (κ2) is 4.75. The van der Waals surface area contributed by atoms with Crippen molar-refractivity contribution in [3.05, 3.63) is 60.2 Å². The molecule has 2 aromatic carbocycles. The Bertz CT molecular complexity index is 580. The van der Waals surface area contributed by atoms with E-state index in [1.54, 1.807) is 0 Å². The summed E-state index contributed by atoms with van der Waals surface area (Å²) in [6.07, 6.45) is 0. The third-order valence-corrected chi connectivity index (χ3v) is 5.12. The Morgan fingerprint density at radius 1 is 1.00 bits per heavy atom. The van der Waals surface area contributed by atoms with E-state index in [4.69, 9.17) is 12.2 Å². The summed E-state index contributed by atoms with van der Waals surface area (Å²) >= 11 is 7.45. The molecule has 18 heavy (non-hydrogen) atoms. The van der Waals surface area contributed by atoms with Gasteiger partial charge in [0.2, 0.25) is 0 Å². The highest BCUT2D eigenvalue weighted by Gasteiger charge is 2.28. The minimum Gasteiger partial charge on any atom is -0.337 e. The Kier molecular flexibility index (Phi) is 3.10. The number of para-hydroxylation sites is 1. The normalized spacial score (nSPS) is 18.6. The maximum atomic E-state index is 5.61. The fourth-order valence-corrected chi connectivity index (χ4v) is 3.81. The highest BCUT2D eigenvalue weighted by Crippen LogP contribution is 2.46. The largest absolute Gasteiger partial charge is 0.337 e. The number of hydrogen-bond donors (Lipinski definition) is 0. The molecular formula is C15H13NS2.